The molecule has 0 fully saturated rings. The van der Waals surface area contributed by atoms with Crippen molar-refractivity contribution in [1.29, 1.82) is 0 Å². The monoisotopic (exact) mass is 256 g/mol. The van der Waals surface area contributed by atoms with Crippen LogP contribution in [-0.4, -0.2) is 17.7 Å². The molecule has 3 nitrogen and oxygen atoms in total. The minimum atomic E-state index is -2.82. The molecule has 0 aliphatic heterocycles. The smallest absolute Gasteiger partial charge is 0.387 e. The summed E-state index contributed by atoms with van der Waals surface area (Å²) in [7, 11) is 0. The van der Waals surface area contributed by atoms with Crippen molar-refractivity contribution in [2.75, 3.05) is 0 Å². The normalized spacial score (nSPS) is 11.7. The van der Waals surface area contributed by atoms with Crippen molar-refractivity contribution in [3.63, 3.8) is 0 Å². The molecule has 0 aliphatic rings. The molecule has 0 spiro atoms. The van der Waals surface area contributed by atoms with Gasteiger partial charge < -0.3 is 9.84 Å². The molecule has 0 aromatic heterocycles. The van der Waals surface area contributed by atoms with Crippen molar-refractivity contribution in [1.82, 2.24) is 0 Å². The number of aryl methyl sites for hydroxylation is 1. The van der Waals surface area contributed by atoms with Gasteiger partial charge in [0.2, 0.25) is 0 Å². The Kier molecular flexibility index (Phi) is 5.30. The molecular formula is C13H14F2O3. The molecule has 0 saturated heterocycles. The van der Waals surface area contributed by atoms with Crippen LogP contribution in [0.25, 0.3) is 0 Å². The second kappa shape index (κ2) is 6.74. The standard InChI is InChI=1S/C13H14F2O3/c1-9(8-12(16)17)2-3-10-4-6-11(7-5-10)18-13(14)15/h4-8,13H,2-3H2,1H3,(H,16,17)/b9-8+. The molecule has 98 valence electrons. The minimum absolute atomic E-state index is 0.117. The first-order chi connectivity index (χ1) is 8.47. The lowest BCUT2D eigenvalue weighted by Crippen LogP contribution is -2.01. The molecular weight excluding hydrogens is 242 g/mol. The van der Waals surface area contributed by atoms with E-state index in [-0.39, 0.29) is 5.75 Å². The second-order valence-electron chi connectivity index (χ2n) is 3.85. The summed E-state index contributed by atoms with van der Waals surface area (Å²) in [5, 5.41) is 8.54. The zero-order chi connectivity index (χ0) is 13.5. The molecule has 1 N–H and O–H groups in total. The van der Waals surface area contributed by atoms with Crippen molar-refractivity contribution < 1.29 is 23.4 Å². The van der Waals surface area contributed by atoms with Crippen LogP contribution in [0, 0.1) is 0 Å². The van der Waals surface area contributed by atoms with Crippen LogP contribution >= 0.6 is 0 Å². The molecule has 0 amide bonds. The summed E-state index contributed by atoms with van der Waals surface area (Å²) in [5.41, 5.74) is 1.70. The number of benzene rings is 1. The summed E-state index contributed by atoms with van der Waals surface area (Å²) in [6, 6.07) is 6.31. The quantitative estimate of drug-likeness (QED) is 0.795. The predicted octanol–water partition coefficient (Wildman–Crippen LogP) is 3.25. The van der Waals surface area contributed by atoms with Crippen molar-refractivity contribution in [3.8, 4) is 5.75 Å². The molecule has 0 atom stereocenters. The van der Waals surface area contributed by atoms with E-state index in [1.165, 1.54) is 12.1 Å². The lowest BCUT2D eigenvalue weighted by Gasteiger charge is -2.06. The lowest BCUT2D eigenvalue weighted by atomic mass is 10.1. The molecule has 0 aliphatic carbocycles. The van der Waals surface area contributed by atoms with Gasteiger partial charge in [-0.25, -0.2) is 4.79 Å². The number of carbonyl (C=O) groups is 1. The average molecular weight is 256 g/mol. The minimum Gasteiger partial charge on any atom is -0.478 e. The van der Waals surface area contributed by atoms with Crippen LogP contribution in [0.2, 0.25) is 0 Å². The van der Waals surface area contributed by atoms with Crippen molar-refractivity contribution in [2.45, 2.75) is 26.4 Å². The molecule has 0 bridgehead atoms. The van der Waals surface area contributed by atoms with E-state index in [9.17, 15) is 13.6 Å². The van der Waals surface area contributed by atoms with Crippen LogP contribution in [0.4, 0.5) is 8.78 Å². The van der Waals surface area contributed by atoms with Gasteiger partial charge >= 0.3 is 12.6 Å². The predicted molar refractivity (Wildman–Crippen MR) is 62.8 cm³/mol. The molecule has 1 rings (SSSR count). The van der Waals surface area contributed by atoms with E-state index in [4.69, 9.17) is 5.11 Å². The zero-order valence-corrected chi connectivity index (χ0v) is 9.90. The molecule has 1 aromatic carbocycles. The summed E-state index contributed by atoms with van der Waals surface area (Å²) >= 11 is 0. The van der Waals surface area contributed by atoms with Gasteiger partial charge in [0.05, 0.1) is 0 Å². The van der Waals surface area contributed by atoms with E-state index >= 15 is 0 Å². The highest BCUT2D eigenvalue weighted by molar-refractivity contribution is 5.80. The van der Waals surface area contributed by atoms with E-state index in [2.05, 4.69) is 4.74 Å². The van der Waals surface area contributed by atoms with Gasteiger partial charge in [-0.2, -0.15) is 8.78 Å². The first-order valence-electron chi connectivity index (χ1n) is 5.41. The number of allylic oxidation sites excluding steroid dienone is 1. The molecule has 0 heterocycles. The molecule has 0 saturated carbocycles. The summed E-state index contributed by atoms with van der Waals surface area (Å²) in [4.78, 5) is 10.4. The first kappa shape index (κ1) is 14.2. The van der Waals surface area contributed by atoms with Gasteiger partial charge in [0.25, 0.3) is 0 Å². The van der Waals surface area contributed by atoms with E-state index in [1.807, 2.05) is 0 Å². The number of carboxylic acid groups (broad SMARTS) is 1. The fourth-order valence-electron chi connectivity index (χ4n) is 1.46. The Morgan fingerprint density at radius 1 is 1.39 bits per heavy atom. The Morgan fingerprint density at radius 3 is 2.50 bits per heavy atom. The van der Waals surface area contributed by atoms with Gasteiger partial charge in [0.15, 0.2) is 0 Å². The number of aliphatic carboxylic acids is 1. The number of halogens is 2. The van der Waals surface area contributed by atoms with Gasteiger partial charge in [-0.1, -0.05) is 17.7 Å². The molecule has 5 heteroatoms. The number of hydrogen-bond donors (Lipinski definition) is 1. The van der Waals surface area contributed by atoms with Gasteiger partial charge in [-0.15, -0.1) is 0 Å². The molecule has 18 heavy (non-hydrogen) atoms. The fourth-order valence-corrected chi connectivity index (χ4v) is 1.46. The van der Waals surface area contributed by atoms with Crippen LogP contribution in [-0.2, 0) is 11.2 Å². The first-order valence-corrected chi connectivity index (χ1v) is 5.41. The maximum absolute atomic E-state index is 11.9. The van der Waals surface area contributed by atoms with E-state index < -0.39 is 12.6 Å². The van der Waals surface area contributed by atoms with Gasteiger partial charge in [0, 0.05) is 6.08 Å². The third kappa shape index (κ3) is 5.43. The van der Waals surface area contributed by atoms with Crippen molar-refractivity contribution in [3.05, 3.63) is 41.5 Å². The van der Waals surface area contributed by atoms with Gasteiger partial charge in [-0.05, 0) is 37.5 Å². The number of rotatable bonds is 6. The maximum Gasteiger partial charge on any atom is 0.387 e. The highest BCUT2D eigenvalue weighted by Gasteiger charge is 2.03. The third-order valence-corrected chi connectivity index (χ3v) is 2.33. The van der Waals surface area contributed by atoms with Crippen molar-refractivity contribution in [2.24, 2.45) is 0 Å². The number of carboxylic acids is 1. The highest BCUT2D eigenvalue weighted by atomic mass is 19.3. The van der Waals surface area contributed by atoms with Gasteiger partial charge in [0.1, 0.15) is 5.75 Å². The van der Waals surface area contributed by atoms with Crippen LogP contribution in [0.3, 0.4) is 0 Å². The topological polar surface area (TPSA) is 46.5 Å². The van der Waals surface area contributed by atoms with Crippen LogP contribution < -0.4 is 4.74 Å². The number of hydrogen-bond acceptors (Lipinski definition) is 2. The Morgan fingerprint density at radius 2 is 2.00 bits per heavy atom. The van der Waals surface area contributed by atoms with Gasteiger partial charge in [-0.3, -0.25) is 0 Å². The van der Waals surface area contributed by atoms with E-state index in [1.54, 1.807) is 19.1 Å². The second-order valence-corrected chi connectivity index (χ2v) is 3.85. The zero-order valence-electron chi connectivity index (χ0n) is 9.90. The summed E-state index contributed by atoms with van der Waals surface area (Å²) < 4.78 is 28.0. The molecule has 0 unspecified atom stereocenters. The fraction of sp³-hybridized carbons (Fsp3) is 0.308. The van der Waals surface area contributed by atoms with Crippen LogP contribution in [0.15, 0.2) is 35.9 Å². The number of ether oxygens (including phenoxy) is 1. The largest absolute Gasteiger partial charge is 0.478 e. The summed E-state index contributed by atoms with van der Waals surface area (Å²) in [6.45, 7) is -1.08. The summed E-state index contributed by atoms with van der Waals surface area (Å²) in [6.07, 6.45) is 2.43. The Labute approximate surface area is 104 Å². The Balaban J connectivity index is 2.51. The average Bonchev–Trinajstić information content (AvgIpc) is 2.26. The van der Waals surface area contributed by atoms with E-state index in [0.29, 0.717) is 12.8 Å². The van der Waals surface area contributed by atoms with E-state index in [0.717, 1.165) is 17.2 Å². The number of alkyl halides is 2. The lowest BCUT2D eigenvalue weighted by molar-refractivity contribution is -0.131. The molecule has 0 radical (unpaired) electrons. The maximum atomic E-state index is 11.9. The van der Waals surface area contributed by atoms with Crippen LogP contribution in [0.5, 0.6) is 5.75 Å². The van der Waals surface area contributed by atoms with Crippen LogP contribution in [0.1, 0.15) is 18.9 Å². The Bertz CT molecular complexity index is 424. The highest BCUT2D eigenvalue weighted by Crippen LogP contribution is 2.16. The Hall–Kier alpha value is -1.91. The third-order valence-electron chi connectivity index (χ3n) is 2.33. The molecule has 1 aromatic rings. The van der Waals surface area contributed by atoms with Crippen molar-refractivity contribution >= 4 is 5.97 Å². The summed E-state index contributed by atoms with van der Waals surface area (Å²) in [5.74, 6) is -0.847. The SMILES string of the molecule is C/C(=C\C(=O)O)CCc1ccc(OC(F)F)cc1.